The van der Waals surface area contributed by atoms with Crippen LogP contribution in [0.1, 0.15) is 65.0 Å². The maximum atomic E-state index is 15.3. The molecular formula is C35H28ClF4N5O4. The average molecular weight is 694 g/mol. The van der Waals surface area contributed by atoms with Crippen molar-refractivity contribution in [3.63, 3.8) is 0 Å². The molecule has 9 nitrogen and oxygen atoms in total. The average Bonchev–Trinajstić information content (AvgIpc) is 3.75. The van der Waals surface area contributed by atoms with Gasteiger partial charge in [0.05, 0.1) is 23.3 Å². The summed E-state index contributed by atoms with van der Waals surface area (Å²) in [7, 11) is 0. The van der Waals surface area contributed by atoms with Crippen LogP contribution in [0.5, 0.6) is 5.75 Å². The molecule has 252 valence electrons. The molecule has 1 fully saturated rings. The Hall–Kier alpha value is -5.01. The number of aliphatic hydroxyl groups is 1. The number of benzene rings is 3. The molecule has 0 radical (unpaired) electrons. The van der Waals surface area contributed by atoms with Crippen LogP contribution < -0.4 is 15.8 Å². The van der Waals surface area contributed by atoms with E-state index in [2.05, 4.69) is 15.4 Å². The lowest BCUT2D eigenvalue weighted by Crippen LogP contribution is -2.43. The van der Waals surface area contributed by atoms with Gasteiger partial charge in [0.1, 0.15) is 46.2 Å². The maximum absolute atomic E-state index is 15.3. The van der Waals surface area contributed by atoms with Gasteiger partial charge in [0.15, 0.2) is 0 Å². The number of nitrogens with one attached hydrogen (secondary N) is 1. The van der Waals surface area contributed by atoms with Gasteiger partial charge in [-0.3, -0.25) is 14.3 Å². The molecule has 0 saturated heterocycles. The zero-order chi connectivity index (χ0) is 34.8. The number of amides is 2. The second-order valence-corrected chi connectivity index (χ2v) is 12.9. The van der Waals surface area contributed by atoms with E-state index in [-0.39, 0.29) is 57.6 Å². The Morgan fingerprint density at radius 3 is 2.55 bits per heavy atom. The Balaban J connectivity index is 1.34. The lowest BCUT2D eigenvalue weighted by molar-refractivity contribution is -0.123. The van der Waals surface area contributed by atoms with E-state index >= 15 is 4.39 Å². The van der Waals surface area contributed by atoms with Crippen LogP contribution in [-0.4, -0.2) is 44.8 Å². The zero-order valence-corrected chi connectivity index (χ0v) is 26.6. The minimum absolute atomic E-state index is 0.0225. The quantitative estimate of drug-likeness (QED) is 0.126. The maximum Gasteiger partial charge on any atom is 0.266 e. The van der Waals surface area contributed by atoms with Gasteiger partial charge in [-0.05, 0) is 49.6 Å². The highest BCUT2D eigenvalue weighted by molar-refractivity contribution is 6.31. The summed E-state index contributed by atoms with van der Waals surface area (Å²) in [5, 5.41) is 19.4. The van der Waals surface area contributed by atoms with E-state index in [4.69, 9.17) is 22.1 Å². The highest BCUT2D eigenvalue weighted by atomic mass is 35.5. The van der Waals surface area contributed by atoms with Crippen LogP contribution in [0.15, 0.2) is 66.9 Å². The van der Waals surface area contributed by atoms with Crippen molar-refractivity contribution < 1.29 is 37.0 Å². The molecule has 0 spiro atoms. The van der Waals surface area contributed by atoms with Crippen LogP contribution >= 0.6 is 11.6 Å². The molecule has 0 bridgehead atoms. The van der Waals surface area contributed by atoms with E-state index < -0.39 is 58.0 Å². The fraction of sp³-hybridized carbons (Fsp3) is 0.257. The topological polar surface area (TPSA) is 132 Å². The van der Waals surface area contributed by atoms with Gasteiger partial charge in [-0.25, -0.2) is 22.5 Å². The van der Waals surface area contributed by atoms with Crippen LogP contribution in [-0.2, 0) is 15.8 Å². The molecule has 1 aliphatic heterocycles. The number of primary amides is 1. The van der Waals surface area contributed by atoms with Crippen molar-refractivity contribution in [2.45, 2.75) is 43.2 Å². The summed E-state index contributed by atoms with van der Waals surface area (Å²) in [6.07, 6.45) is 0.487. The molecule has 7 rings (SSSR count). The summed E-state index contributed by atoms with van der Waals surface area (Å²) in [5.74, 6) is -3.64. The molecule has 4 N–H and O–H groups in total. The molecule has 14 heteroatoms. The van der Waals surface area contributed by atoms with Crippen molar-refractivity contribution in [2.24, 2.45) is 5.73 Å². The third kappa shape index (κ3) is 5.56. The second kappa shape index (κ2) is 11.8. The molecule has 2 atom stereocenters. The standard InChI is InChI=1S/C35H28ClF4N5O4/c1-34(33(41)47)16-49-30-23(34)12-27(43-29(30)21-11-24(36)26(38)13-25(21)37)35(48,19-5-3-2-4-6-19)15-42-32(46)17-9-18-14-45(20-7-8-20)44-28(18)22(10-17)31(39)40/h2-6,9-14,20,31,48H,7-8,15-16H2,1H3,(H2,41,47)(H,42,46)/t34-,35+/m0/s1. The van der Waals surface area contributed by atoms with Gasteiger partial charge in [0.25, 0.3) is 12.3 Å². The number of ether oxygens (including phenoxy) is 1. The number of pyridine rings is 1. The largest absolute Gasteiger partial charge is 0.489 e. The predicted molar refractivity (Wildman–Crippen MR) is 171 cm³/mol. The van der Waals surface area contributed by atoms with Crippen molar-refractivity contribution in [3.8, 4) is 17.0 Å². The SMILES string of the molecule is C[C@]1(C(N)=O)COc2c1cc([C@@](O)(CNC(=O)c1cc(C(F)F)c3nn(C4CC4)cc3c1)c1ccccc1)nc2-c1cc(Cl)c(F)cc1F. The minimum Gasteiger partial charge on any atom is -0.489 e. The molecular weight excluding hydrogens is 666 g/mol. The molecule has 0 unspecified atom stereocenters. The summed E-state index contributed by atoms with van der Waals surface area (Å²) < 4.78 is 65.2. The normalized spacial score (nSPS) is 18.3. The Kier molecular flexibility index (Phi) is 7.87. The van der Waals surface area contributed by atoms with E-state index in [9.17, 15) is 27.9 Å². The molecule has 2 aromatic heterocycles. The summed E-state index contributed by atoms with van der Waals surface area (Å²) >= 11 is 6.01. The van der Waals surface area contributed by atoms with Gasteiger partial charge in [0.2, 0.25) is 5.91 Å². The van der Waals surface area contributed by atoms with E-state index in [1.165, 1.54) is 19.1 Å². The molecule has 3 heterocycles. The van der Waals surface area contributed by atoms with Crippen molar-refractivity contribution in [1.82, 2.24) is 20.1 Å². The summed E-state index contributed by atoms with van der Waals surface area (Å²) in [6, 6.07) is 13.7. The number of aromatic nitrogens is 3. The van der Waals surface area contributed by atoms with Crippen LogP contribution in [0.2, 0.25) is 5.02 Å². The molecule has 2 amide bonds. The van der Waals surface area contributed by atoms with Gasteiger partial charge in [-0.1, -0.05) is 41.9 Å². The van der Waals surface area contributed by atoms with Crippen LogP contribution in [0.3, 0.4) is 0 Å². The molecule has 2 aliphatic rings. The lowest BCUT2D eigenvalue weighted by atomic mass is 9.80. The Bertz CT molecular complexity index is 2160. The number of hydrogen-bond acceptors (Lipinski definition) is 6. The second-order valence-electron chi connectivity index (χ2n) is 12.5. The van der Waals surface area contributed by atoms with E-state index in [1.54, 1.807) is 41.2 Å². The number of nitrogens with zero attached hydrogens (tertiary/aromatic N) is 3. The van der Waals surface area contributed by atoms with Crippen LogP contribution in [0.4, 0.5) is 17.6 Å². The molecule has 1 aliphatic carbocycles. The number of halogens is 5. The van der Waals surface area contributed by atoms with Crippen molar-refractivity contribution in [2.75, 3.05) is 13.2 Å². The predicted octanol–water partition coefficient (Wildman–Crippen LogP) is 6.10. The molecule has 1 saturated carbocycles. The first-order valence-corrected chi connectivity index (χ1v) is 15.7. The van der Waals surface area contributed by atoms with E-state index in [1.807, 2.05) is 0 Å². The number of carbonyl (C=O) groups excluding carboxylic acids is 2. The number of hydrogen-bond donors (Lipinski definition) is 3. The smallest absolute Gasteiger partial charge is 0.266 e. The van der Waals surface area contributed by atoms with E-state index in [0.717, 1.165) is 25.0 Å². The van der Waals surface area contributed by atoms with Crippen molar-refractivity contribution >= 4 is 34.3 Å². The first-order chi connectivity index (χ1) is 23.3. The molecule has 5 aromatic rings. The Morgan fingerprint density at radius 1 is 1.14 bits per heavy atom. The third-order valence-corrected chi connectivity index (χ3v) is 9.43. The highest BCUT2D eigenvalue weighted by Gasteiger charge is 2.46. The monoisotopic (exact) mass is 693 g/mol. The highest BCUT2D eigenvalue weighted by Crippen LogP contribution is 2.47. The first-order valence-electron chi connectivity index (χ1n) is 15.3. The fourth-order valence-corrected chi connectivity index (χ4v) is 6.22. The summed E-state index contributed by atoms with van der Waals surface area (Å²) in [6.45, 7) is 0.721. The Labute approximate surface area is 281 Å². The van der Waals surface area contributed by atoms with Gasteiger partial charge < -0.3 is 20.9 Å². The number of carbonyl (C=O) groups is 2. The Morgan fingerprint density at radius 2 is 1.88 bits per heavy atom. The van der Waals surface area contributed by atoms with Crippen LogP contribution in [0, 0.1) is 11.6 Å². The zero-order valence-electron chi connectivity index (χ0n) is 25.8. The van der Waals surface area contributed by atoms with Gasteiger partial charge in [-0.2, -0.15) is 5.10 Å². The summed E-state index contributed by atoms with van der Waals surface area (Å²) in [4.78, 5) is 30.9. The number of alkyl halides is 2. The van der Waals surface area contributed by atoms with Gasteiger partial charge >= 0.3 is 0 Å². The molecule has 3 aromatic carbocycles. The lowest BCUT2D eigenvalue weighted by Gasteiger charge is -2.30. The third-order valence-electron chi connectivity index (χ3n) is 9.14. The number of nitrogens with two attached hydrogens (primary N) is 1. The van der Waals surface area contributed by atoms with Crippen LogP contribution in [0.25, 0.3) is 22.2 Å². The number of rotatable bonds is 9. The van der Waals surface area contributed by atoms with E-state index in [0.29, 0.717) is 11.5 Å². The van der Waals surface area contributed by atoms with Gasteiger partial charge in [-0.15, -0.1) is 0 Å². The first kappa shape index (κ1) is 32.5. The molecule has 49 heavy (non-hydrogen) atoms. The van der Waals surface area contributed by atoms with Gasteiger partial charge in [0, 0.05) is 39.9 Å². The fourth-order valence-electron chi connectivity index (χ4n) is 6.05. The van der Waals surface area contributed by atoms with Crippen molar-refractivity contribution in [3.05, 3.63) is 111 Å². The number of fused-ring (bicyclic) bond motifs is 2. The summed E-state index contributed by atoms with van der Waals surface area (Å²) in [5.41, 5.74) is 1.54. The van der Waals surface area contributed by atoms with Crippen molar-refractivity contribution in [1.29, 1.82) is 0 Å². The minimum atomic E-state index is -2.91.